The minimum absolute atomic E-state index is 0.00469. The summed E-state index contributed by atoms with van der Waals surface area (Å²) >= 11 is 0. The van der Waals surface area contributed by atoms with Crippen molar-refractivity contribution in [3.8, 4) is 0 Å². The molecule has 7 heteroatoms. The second-order valence-corrected chi connectivity index (χ2v) is 6.32. The van der Waals surface area contributed by atoms with E-state index in [-0.39, 0.29) is 17.9 Å². The van der Waals surface area contributed by atoms with Crippen LogP contribution >= 0.6 is 0 Å². The number of methoxy groups -OCH3 is 1. The molecule has 2 saturated heterocycles. The number of rotatable bonds is 5. The third kappa shape index (κ3) is 3.62. The smallest absolute Gasteiger partial charge is 0.257 e. The number of carbonyl (C=O) groups is 2. The fourth-order valence-corrected chi connectivity index (χ4v) is 3.51. The van der Waals surface area contributed by atoms with Crippen molar-refractivity contribution in [2.24, 2.45) is 0 Å². The molecule has 0 saturated carbocycles. The molecule has 0 aromatic carbocycles. The van der Waals surface area contributed by atoms with E-state index in [4.69, 9.17) is 9.15 Å². The van der Waals surface area contributed by atoms with E-state index < -0.39 is 0 Å². The maximum atomic E-state index is 12.6. The van der Waals surface area contributed by atoms with Gasteiger partial charge in [0.1, 0.15) is 6.26 Å². The van der Waals surface area contributed by atoms with Crippen LogP contribution in [-0.2, 0) is 9.53 Å². The Labute approximate surface area is 142 Å². The van der Waals surface area contributed by atoms with Gasteiger partial charge < -0.3 is 19.0 Å². The van der Waals surface area contributed by atoms with Crippen LogP contribution < -0.4 is 0 Å². The van der Waals surface area contributed by atoms with Crippen molar-refractivity contribution in [3.63, 3.8) is 0 Å². The van der Waals surface area contributed by atoms with Crippen molar-refractivity contribution in [2.45, 2.75) is 18.9 Å². The molecule has 0 N–H and O–H groups in total. The molecule has 0 aliphatic carbocycles. The van der Waals surface area contributed by atoms with Crippen LogP contribution in [0.1, 0.15) is 23.2 Å². The summed E-state index contributed by atoms with van der Waals surface area (Å²) in [5, 5.41) is 0. The second kappa shape index (κ2) is 7.81. The van der Waals surface area contributed by atoms with E-state index in [2.05, 4.69) is 4.90 Å². The highest BCUT2D eigenvalue weighted by atomic mass is 16.5. The maximum absolute atomic E-state index is 12.6. The van der Waals surface area contributed by atoms with Gasteiger partial charge in [-0.05, 0) is 18.9 Å². The number of furan rings is 1. The molecule has 0 radical (unpaired) electrons. The molecule has 0 spiro atoms. The zero-order chi connectivity index (χ0) is 16.9. The van der Waals surface area contributed by atoms with Gasteiger partial charge in [-0.15, -0.1) is 0 Å². The summed E-state index contributed by atoms with van der Waals surface area (Å²) in [6.07, 6.45) is 4.74. The number of nitrogens with zero attached hydrogens (tertiary/aromatic N) is 3. The number of hydrogen-bond donors (Lipinski definition) is 0. The Bertz CT molecular complexity index is 560. The zero-order valence-electron chi connectivity index (χ0n) is 14.1. The summed E-state index contributed by atoms with van der Waals surface area (Å²) in [4.78, 5) is 31.0. The summed E-state index contributed by atoms with van der Waals surface area (Å²) in [5.41, 5.74) is 0.589. The molecule has 1 aromatic rings. The Morgan fingerprint density at radius 3 is 2.92 bits per heavy atom. The number of amides is 2. The number of carbonyl (C=O) groups excluding carboxylic acids is 2. The van der Waals surface area contributed by atoms with Gasteiger partial charge in [0, 0.05) is 46.4 Å². The molecular formula is C17H25N3O4. The topological polar surface area (TPSA) is 66.2 Å². The third-order valence-corrected chi connectivity index (χ3v) is 4.86. The van der Waals surface area contributed by atoms with Crippen molar-refractivity contribution in [1.29, 1.82) is 0 Å². The Morgan fingerprint density at radius 2 is 2.17 bits per heavy atom. The molecule has 7 nitrogen and oxygen atoms in total. The van der Waals surface area contributed by atoms with E-state index in [0.29, 0.717) is 25.3 Å². The molecule has 3 rings (SSSR count). The SMILES string of the molecule is COCCN1CC[C@H](N2CCCN(C(=O)c3ccoc3)CC2)C1=O. The second-order valence-electron chi connectivity index (χ2n) is 6.32. The predicted octanol–water partition coefficient (Wildman–Crippen LogP) is 0.675. The van der Waals surface area contributed by atoms with Crippen molar-refractivity contribution >= 4 is 11.8 Å². The monoisotopic (exact) mass is 335 g/mol. The minimum atomic E-state index is -0.0502. The van der Waals surface area contributed by atoms with Crippen molar-refractivity contribution in [3.05, 3.63) is 24.2 Å². The summed E-state index contributed by atoms with van der Waals surface area (Å²) in [5.74, 6) is 0.201. The lowest BCUT2D eigenvalue weighted by atomic mass is 10.2. The zero-order valence-corrected chi connectivity index (χ0v) is 14.1. The highest BCUT2D eigenvalue weighted by Gasteiger charge is 2.36. The standard InChI is InChI=1S/C17H25N3O4/c1-23-12-10-20-7-3-15(17(20)22)18-5-2-6-19(9-8-18)16(21)14-4-11-24-13-14/h4,11,13,15H,2-3,5-10,12H2,1H3/t15-/m0/s1. The van der Waals surface area contributed by atoms with Gasteiger partial charge >= 0.3 is 0 Å². The molecular weight excluding hydrogens is 310 g/mol. The van der Waals surface area contributed by atoms with Gasteiger partial charge in [0.15, 0.2) is 0 Å². The normalized spacial score (nSPS) is 22.9. The molecule has 132 valence electrons. The minimum Gasteiger partial charge on any atom is -0.472 e. The summed E-state index contributed by atoms with van der Waals surface area (Å²) in [7, 11) is 1.65. The van der Waals surface area contributed by atoms with Gasteiger partial charge in [-0.3, -0.25) is 14.5 Å². The molecule has 3 heterocycles. The molecule has 2 fully saturated rings. The largest absolute Gasteiger partial charge is 0.472 e. The third-order valence-electron chi connectivity index (χ3n) is 4.86. The van der Waals surface area contributed by atoms with E-state index >= 15 is 0 Å². The Hall–Kier alpha value is -1.86. The fourth-order valence-electron chi connectivity index (χ4n) is 3.51. The molecule has 2 amide bonds. The molecule has 2 aliphatic heterocycles. The Morgan fingerprint density at radius 1 is 1.29 bits per heavy atom. The van der Waals surface area contributed by atoms with Crippen LogP contribution in [0.25, 0.3) is 0 Å². The lowest BCUT2D eigenvalue weighted by Crippen LogP contribution is -2.44. The Kier molecular flexibility index (Phi) is 5.52. The molecule has 0 unspecified atom stereocenters. The van der Waals surface area contributed by atoms with E-state index in [1.54, 1.807) is 13.2 Å². The summed E-state index contributed by atoms with van der Waals surface area (Å²) in [6.45, 7) is 4.97. The van der Waals surface area contributed by atoms with Crippen molar-refractivity contribution in [2.75, 3.05) is 53.0 Å². The van der Waals surface area contributed by atoms with Gasteiger partial charge in [0.2, 0.25) is 5.91 Å². The molecule has 24 heavy (non-hydrogen) atoms. The van der Waals surface area contributed by atoms with Gasteiger partial charge in [0.25, 0.3) is 5.91 Å². The average Bonchev–Trinajstić information content (AvgIpc) is 3.17. The predicted molar refractivity (Wildman–Crippen MR) is 87.7 cm³/mol. The van der Waals surface area contributed by atoms with Gasteiger partial charge in [-0.1, -0.05) is 0 Å². The maximum Gasteiger partial charge on any atom is 0.257 e. The Balaban J connectivity index is 1.56. The average molecular weight is 335 g/mol. The summed E-state index contributed by atoms with van der Waals surface area (Å²) < 4.78 is 10.1. The van der Waals surface area contributed by atoms with Crippen molar-refractivity contribution < 1.29 is 18.7 Å². The number of likely N-dealkylation sites (tertiary alicyclic amines) is 1. The fraction of sp³-hybridized carbons (Fsp3) is 0.647. The first-order valence-electron chi connectivity index (χ1n) is 8.54. The van der Waals surface area contributed by atoms with Crippen LogP contribution in [0, 0.1) is 0 Å². The van der Waals surface area contributed by atoms with Crippen LogP contribution in [0.3, 0.4) is 0 Å². The van der Waals surface area contributed by atoms with E-state index in [0.717, 1.165) is 39.0 Å². The van der Waals surface area contributed by atoms with Crippen LogP contribution in [-0.4, -0.2) is 85.5 Å². The highest BCUT2D eigenvalue weighted by molar-refractivity contribution is 5.93. The first-order valence-corrected chi connectivity index (χ1v) is 8.54. The van der Waals surface area contributed by atoms with Gasteiger partial charge in [-0.2, -0.15) is 0 Å². The van der Waals surface area contributed by atoms with E-state index in [9.17, 15) is 9.59 Å². The molecule has 0 bridgehead atoms. The van der Waals surface area contributed by atoms with Crippen LogP contribution in [0.4, 0.5) is 0 Å². The first-order chi connectivity index (χ1) is 11.7. The van der Waals surface area contributed by atoms with Crippen molar-refractivity contribution in [1.82, 2.24) is 14.7 Å². The summed E-state index contributed by atoms with van der Waals surface area (Å²) in [6, 6.07) is 1.64. The van der Waals surface area contributed by atoms with Crippen LogP contribution in [0.15, 0.2) is 23.0 Å². The van der Waals surface area contributed by atoms with Crippen LogP contribution in [0.5, 0.6) is 0 Å². The molecule has 1 aromatic heterocycles. The molecule has 1 atom stereocenters. The van der Waals surface area contributed by atoms with Crippen LogP contribution in [0.2, 0.25) is 0 Å². The van der Waals surface area contributed by atoms with Gasteiger partial charge in [0.05, 0.1) is 24.5 Å². The number of ether oxygens (including phenoxy) is 1. The number of hydrogen-bond acceptors (Lipinski definition) is 5. The van der Waals surface area contributed by atoms with E-state index in [1.165, 1.54) is 12.5 Å². The highest BCUT2D eigenvalue weighted by Crippen LogP contribution is 2.19. The van der Waals surface area contributed by atoms with E-state index in [1.807, 2.05) is 9.80 Å². The quantitative estimate of drug-likeness (QED) is 0.791. The first kappa shape index (κ1) is 17.0. The lowest BCUT2D eigenvalue weighted by Gasteiger charge is -2.26. The van der Waals surface area contributed by atoms with Gasteiger partial charge in [-0.25, -0.2) is 0 Å². The lowest BCUT2D eigenvalue weighted by molar-refractivity contribution is -0.132. The molecule has 2 aliphatic rings.